The minimum atomic E-state index is -1.30. The maximum absolute atomic E-state index is 13.5. The van der Waals surface area contributed by atoms with Crippen LogP contribution in [0.3, 0.4) is 0 Å². The molecule has 21 heavy (non-hydrogen) atoms. The molecule has 0 unspecified atom stereocenters. The first-order valence-corrected chi connectivity index (χ1v) is 6.22. The number of benzene rings is 1. The molecule has 1 N–H and O–H groups in total. The van der Waals surface area contributed by atoms with Crippen molar-refractivity contribution >= 4 is 23.2 Å². The number of nitrogens with zero attached hydrogens (tertiary/aromatic N) is 3. The van der Waals surface area contributed by atoms with Gasteiger partial charge in [-0.3, -0.25) is 0 Å². The van der Waals surface area contributed by atoms with E-state index in [-0.39, 0.29) is 29.0 Å². The van der Waals surface area contributed by atoms with E-state index in [9.17, 15) is 13.2 Å². The van der Waals surface area contributed by atoms with Gasteiger partial charge in [-0.05, 0) is 25.4 Å². The summed E-state index contributed by atoms with van der Waals surface area (Å²) >= 11 is 5.69. The molecule has 1 aromatic carbocycles. The molecule has 112 valence electrons. The Kier molecular flexibility index (Phi) is 4.46. The number of rotatable bonds is 4. The van der Waals surface area contributed by atoms with E-state index in [4.69, 9.17) is 16.3 Å². The third-order valence-corrected chi connectivity index (χ3v) is 2.35. The second-order valence-electron chi connectivity index (χ2n) is 4.25. The first-order chi connectivity index (χ1) is 9.85. The lowest BCUT2D eigenvalue weighted by molar-refractivity contribution is 0.222. The monoisotopic (exact) mass is 318 g/mol. The van der Waals surface area contributed by atoms with Crippen LogP contribution >= 0.6 is 11.6 Å². The maximum Gasteiger partial charge on any atom is 0.322 e. The van der Waals surface area contributed by atoms with Crippen LogP contribution in [0.25, 0.3) is 0 Å². The zero-order chi connectivity index (χ0) is 15.6. The highest BCUT2D eigenvalue weighted by Crippen LogP contribution is 2.22. The summed E-state index contributed by atoms with van der Waals surface area (Å²) < 4.78 is 44.7. The van der Waals surface area contributed by atoms with Gasteiger partial charge in [0.05, 0.1) is 11.8 Å². The smallest absolute Gasteiger partial charge is 0.322 e. The van der Waals surface area contributed by atoms with Gasteiger partial charge in [0.2, 0.25) is 11.2 Å². The predicted molar refractivity (Wildman–Crippen MR) is 70.2 cm³/mol. The third-order valence-electron chi connectivity index (χ3n) is 2.19. The highest BCUT2D eigenvalue weighted by Gasteiger charge is 2.13. The van der Waals surface area contributed by atoms with E-state index in [1.54, 1.807) is 13.8 Å². The SMILES string of the molecule is CC(C)Oc1nc(Cl)nc(Nc2cc(F)c(F)cc2F)n1. The van der Waals surface area contributed by atoms with E-state index in [1.807, 2.05) is 0 Å². The number of anilines is 2. The van der Waals surface area contributed by atoms with Crippen molar-refractivity contribution in [3.05, 3.63) is 34.9 Å². The summed E-state index contributed by atoms with van der Waals surface area (Å²) in [4.78, 5) is 11.3. The highest BCUT2D eigenvalue weighted by molar-refractivity contribution is 6.28. The highest BCUT2D eigenvalue weighted by atomic mass is 35.5. The van der Waals surface area contributed by atoms with E-state index < -0.39 is 17.5 Å². The molecule has 0 aliphatic rings. The van der Waals surface area contributed by atoms with Crippen molar-refractivity contribution in [2.75, 3.05) is 5.32 Å². The average Bonchev–Trinajstić information content (AvgIpc) is 2.34. The van der Waals surface area contributed by atoms with E-state index in [0.29, 0.717) is 12.1 Å². The molecule has 0 spiro atoms. The van der Waals surface area contributed by atoms with Crippen LogP contribution in [0.2, 0.25) is 5.28 Å². The summed E-state index contributed by atoms with van der Waals surface area (Å²) in [5.74, 6) is -3.67. The molecule has 2 rings (SSSR count). The van der Waals surface area contributed by atoms with Crippen molar-refractivity contribution in [3.63, 3.8) is 0 Å². The Labute approximate surface area is 123 Å². The van der Waals surface area contributed by atoms with Crippen LogP contribution in [0, 0.1) is 17.5 Å². The van der Waals surface area contributed by atoms with Crippen LogP contribution in [-0.4, -0.2) is 21.1 Å². The van der Waals surface area contributed by atoms with Crippen molar-refractivity contribution in [2.24, 2.45) is 0 Å². The van der Waals surface area contributed by atoms with Gasteiger partial charge < -0.3 is 10.1 Å². The molecule has 5 nitrogen and oxygen atoms in total. The van der Waals surface area contributed by atoms with Crippen LogP contribution < -0.4 is 10.1 Å². The fourth-order valence-corrected chi connectivity index (χ4v) is 1.54. The lowest BCUT2D eigenvalue weighted by Gasteiger charge is -2.10. The van der Waals surface area contributed by atoms with Crippen molar-refractivity contribution < 1.29 is 17.9 Å². The van der Waals surface area contributed by atoms with Gasteiger partial charge in [-0.1, -0.05) is 0 Å². The summed E-state index contributed by atoms with van der Waals surface area (Å²) in [6.07, 6.45) is -0.212. The Hall–Kier alpha value is -2.09. The maximum atomic E-state index is 13.5. The average molecular weight is 319 g/mol. The van der Waals surface area contributed by atoms with E-state index >= 15 is 0 Å². The lowest BCUT2D eigenvalue weighted by atomic mass is 10.3. The quantitative estimate of drug-likeness (QED) is 0.875. The lowest BCUT2D eigenvalue weighted by Crippen LogP contribution is -2.10. The Morgan fingerprint density at radius 1 is 1.05 bits per heavy atom. The molecule has 9 heteroatoms. The van der Waals surface area contributed by atoms with Gasteiger partial charge in [0.15, 0.2) is 11.6 Å². The Morgan fingerprint density at radius 3 is 2.38 bits per heavy atom. The Morgan fingerprint density at radius 2 is 1.71 bits per heavy atom. The first kappa shape index (κ1) is 15.3. The van der Waals surface area contributed by atoms with Gasteiger partial charge in [0.1, 0.15) is 5.82 Å². The molecule has 0 fully saturated rings. The number of nitrogens with one attached hydrogen (secondary N) is 1. The summed E-state index contributed by atoms with van der Waals surface area (Å²) in [5, 5.41) is 2.20. The van der Waals surface area contributed by atoms with E-state index in [1.165, 1.54) is 0 Å². The van der Waals surface area contributed by atoms with Crippen LogP contribution in [0.15, 0.2) is 12.1 Å². The molecule has 1 heterocycles. The van der Waals surface area contributed by atoms with Crippen molar-refractivity contribution in [1.29, 1.82) is 0 Å². The molecule has 0 bridgehead atoms. The van der Waals surface area contributed by atoms with Gasteiger partial charge >= 0.3 is 6.01 Å². The molecule has 2 aromatic rings. The minimum Gasteiger partial charge on any atom is -0.461 e. The van der Waals surface area contributed by atoms with E-state index in [2.05, 4.69) is 20.3 Å². The van der Waals surface area contributed by atoms with Crippen molar-refractivity contribution in [2.45, 2.75) is 20.0 Å². The Balaban J connectivity index is 2.31. The largest absolute Gasteiger partial charge is 0.461 e. The van der Waals surface area contributed by atoms with Crippen LogP contribution in [0.4, 0.5) is 24.8 Å². The molecule has 0 atom stereocenters. The molecule has 0 saturated carbocycles. The van der Waals surface area contributed by atoms with Gasteiger partial charge in [0.25, 0.3) is 0 Å². The van der Waals surface area contributed by atoms with Gasteiger partial charge in [-0.15, -0.1) is 0 Å². The molecule has 0 aliphatic heterocycles. The molecule has 0 saturated heterocycles. The molecule has 0 aliphatic carbocycles. The predicted octanol–water partition coefficient (Wildman–Crippen LogP) is 3.47. The second kappa shape index (κ2) is 6.13. The molecule has 1 aromatic heterocycles. The molecule has 0 amide bonds. The molecular formula is C12H10ClF3N4O. The summed E-state index contributed by atoms with van der Waals surface area (Å²) in [5.41, 5.74) is -0.341. The molecular weight excluding hydrogens is 309 g/mol. The topological polar surface area (TPSA) is 59.9 Å². The van der Waals surface area contributed by atoms with Gasteiger partial charge in [-0.2, -0.15) is 15.0 Å². The van der Waals surface area contributed by atoms with Crippen molar-refractivity contribution in [1.82, 2.24) is 15.0 Å². The second-order valence-corrected chi connectivity index (χ2v) is 4.59. The summed E-state index contributed by atoms with van der Waals surface area (Å²) in [7, 11) is 0. The number of ether oxygens (including phenoxy) is 1. The standard InChI is InChI=1S/C12H10ClF3N4O/c1-5(2)21-12-19-10(13)18-11(20-12)17-9-4-7(15)6(14)3-8(9)16/h3-5H,1-2H3,(H,17,18,19,20). The third kappa shape index (κ3) is 3.94. The summed E-state index contributed by atoms with van der Waals surface area (Å²) in [6, 6.07) is 0.979. The van der Waals surface area contributed by atoms with Gasteiger partial charge in [-0.25, -0.2) is 13.2 Å². The number of hydrogen-bond donors (Lipinski definition) is 1. The number of aromatic nitrogens is 3. The van der Waals surface area contributed by atoms with E-state index in [0.717, 1.165) is 0 Å². The van der Waals surface area contributed by atoms with Crippen LogP contribution in [-0.2, 0) is 0 Å². The molecule has 0 radical (unpaired) electrons. The zero-order valence-electron chi connectivity index (χ0n) is 11.0. The summed E-state index contributed by atoms with van der Waals surface area (Å²) in [6.45, 7) is 3.50. The van der Waals surface area contributed by atoms with Crippen LogP contribution in [0.5, 0.6) is 6.01 Å². The number of hydrogen-bond acceptors (Lipinski definition) is 5. The zero-order valence-corrected chi connectivity index (χ0v) is 11.7. The van der Waals surface area contributed by atoms with Crippen LogP contribution in [0.1, 0.15) is 13.8 Å². The fourth-order valence-electron chi connectivity index (χ4n) is 1.39. The fraction of sp³-hybridized carbons (Fsp3) is 0.250. The Bertz CT molecular complexity index is 669. The van der Waals surface area contributed by atoms with Crippen molar-refractivity contribution in [3.8, 4) is 6.01 Å². The number of halogens is 4. The normalized spacial score (nSPS) is 10.8. The van der Waals surface area contributed by atoms with Gasteiger partial charge in [0, 0.05) is 12.1 Å². The minimum absolute atomic E-state index is 0.0736. The first-order valence-electron chi connectivity index (χ1n) is 5.85.